The number of rotatable bonds is 3. The van der Waals surface area contributed by atoms with Crippen LogP contribution >= 0.6 is 0 Å². The van der Waals surface area contributed by atoms with Gasteiger partial charge < -0.3 is 15.0 Å². The van der Waals surface area contributed by atoms with Gasteiger partial charge in [-0.2, -0.15) is 0 Å². The molecule has 1 fully saturated rings. The lowest BCUT2D eigenvalue weighted by Crippen LogP contribution is -2.38. The van der Waals surface area contributed by atoms with Crippen molar-refractivity contribution < 1.29 is 9.53 Å². The Morgan fingerprint density at radius 3 is 2.76 bits per heavy atom. The second-order valence-corrected chi connectivity index (χ2v) is 6.63. The molecule has 1 atom stereocenters. The number of ether oxygens (including phenoxy) is 1. The third-order valence-corrected chi connectivity index (χ3v) is 4.76. The molecule has 0 spiro atoms. The third kappa shape index (κ3) is 4.32. The molecule has 2 amide bonds. The van der Waals surface area contributed by atoms with Crippen LogP contribution in [0.2, 0.25) is 0 Å². The Kier molecular flexibility index (Phi) is 5.59. The molecule has 1 N–H and O–H groups in total. The second kappa shape index (κ2) is 8.06. The zero-order valence-corrected chi connectivity index (χ0v) is 15.0. The molecule has 25 heavy (non-hydrogen) atoms. The number of hydrogen-bond acceptors (Lipinski definition) is 2. The maximum atomic E-state index is 13.0. The Morgan fingerprint density at radius 2 is 1.96 bits per heavy atom. The number of carbonyl (C=O) groups is 1. The highest BCUT2D eigenvalue weighted by Crippen LogP contribution is 2.31. The summed E-state index contributed by atoms with van der Waals surface area (Å²) in [7, 11) is 1.63. The van der Waals surface area contributed by atoms with Crippen molar-refractivity contribution in [1.82, 2.24) is 4.90 Å². The topological polar surface area (TPSA) is 41.6 Å². The maximum absolute atomic E-state index is 13.0. The number of nitrogens with one attached hydrogen (secondary N) is 1. The van der Waals surface area contributed by atoms with Gasteiger partial charge in [0.25, 0.3) is 0 Å². The van der Waals surface area contributed by atoms with Crippen LogP contribution in [0, 0.1) is 6.92 Å². The fourth-order valence-electron chi connectivity index (χ4n) is 3.47. The van der Waals surface area contributed by atoms with Gasteiger partial charge in [0.05, 0.1) is 13.2 Å². The molecule has 0 aromatic heterocycles. The zero-order valence-electron chi connectivity index (χ0n) is 15.0. The lowest BCUT2D eigenvalue weighted by atomic mass is 9.99. The highest BCUT2D eigenvalue weighted by Gasteiger charge is 2.27. The predicted octanol–water partition coefficient (Wildman–Crippen LogP) is 5.15. The van der Waals surface area contributed by atoms with E-state index in [0.29, 0.717) is 0 Å². The van der Waals surface area contributed by atoms with Gasteiger partial charge in [-0.15, -0.1) is 0 Å². The molecular formula is C21H26N2O2. The molecule has 2 aromatic carbocycles. The van der Waals surface area contributed by atoms with E-state index in [0.717, 1.165) is 37.2 Å². The lowest BCUT2D eigenvalue weighted by molar-refractivity contribution is 0.189. The van der Waals surface area contributed by atoms with Crippen LogP contribution in [0.1, 0.15) is 42.9 Å². The molecule has 4 nitrogen and oxygen atoms in total. The first kappa shape index (κ1) is 17.3. The average Bonchev–Trinajstić information content (AvgIpc) is 2.88. The van der Waals surface area contributed by atoms with Crippen molar-refractivity contribution in [2.45, 2.75) is 38.6 Å². The van der Waals surface area contributed by atoms with Gasteiger partial charge in [0.15, 0.2) is 0 Å². The first-order valence-electron chi connectivity index (χ1n) is 8.95. The van der Waals surface area contributed by atoms with E-state index in [2.05, 4.69) is 36.5 Å². The van der Waals surface area contributed by atoms with Crippen molar-refractivity contribution >= 4 is 11.7 Å². The van der Waals surface area contributed by atoms with Crippen molar-refractivity contribution in [2.24, 2.45) is 0 Å². The molecule has 0 unspecified atom stereocenters. The molecule has 1 aliphatic heterocycles. The van der Waals surface area contributed by atoms with Crippen molar-refractivity contribution in [3.05, 3.63) is 59.7 Å². The number of aryl methyl sites for hydroxylation is 1. The Morgan fingerprint density at radius 1 is 1.12 bits per heavy atom. The third-order valence-electron chi connectivity index (χ3n) is 4.76. The summed E-state index contributed by atoms with van der Waals surface area (Å²) in [5.41, 5.74) is 3.22. The number of urea groups is 1. The van der Waals surface area contributed by atoms with Gasteiger partial charge in [-0.25, -0.2) is 4.79 Å². The minimum Gasteiger partial charge on any atom is -0.497 e. The fourth-order valence-corrected chi connectivity index (χ4v) is 3.47. The van der Waals surface area contributed by atoms with Gasteiger partial charge in [0.2, 0.25) is 0 Å². The minimum absolute atomic E-state index is 0.0401. The SMILES string of the molecule is COc1cccc(NC(=O)N2CCCCC[C@@H]2c2cccc(C)c2)c1. The first-order valence-corrected chi connectivity index (χ1v) is 8.95. The van der Waals surface area contributed by atoms with Crippen LogP contribution in [0.4, 0.5) is 10.5 Å². The molecule has 0 saturated carbocycles. The van der Waals surface area contributed by atoms with E-state index in [1.54, 1.807) is 7.11 Å². The van der Waals surface area contributed by atoms with E-state index in [1.807, 2.05) is 29.2 Å². The van der Waals surface area contributed by atoms with Crippen LogP contribution in [0.5, 0.6) is 5.75 Å². The van der Waals surface area contributed by atoms with Gasteiger partial charge in [-0.1, -0.05) is 48.7 Å². The number of nitrogens with zero attached hydrogens (tertiary/aromatic N) is 1. The van der Waals surface area contributed by atoms with E-state index in [1.165, 1.54) is 17.5 Å². The van der Waals surface area contributed by atoms with E-state index in [-0.39, 0.29) is 12.1 Å². The summed E-state index contributed by atoms with van der Waals surface area (Å²) in [6.07, 6.45) is 4.38. The molecule has 0 radical (unpaired) electrons. The fraction of sp³-hybridized carbons (Fsp3) is 0.381. The molecule has 4 heteroatoms. The summed E-state index contributed by atoms with van der Waals surface area (Å²) >= 11 is 0. The highest BCUT2D eigenvalue weighted by atomic mass is 16.5. The summed E-state index contributed by atoms with van der Waals surface area (Å²) in [5, 5.41) is 3.04. The Bertz CT molecular complexity index is 729. The van der Waals surface area contributed by atoms with Crippen LogP contribution < -0.4 is 10.1 Å². The van der Waals surface area contributed by atoms with E-state index >= 15 is 0 Å². The monoisotopic (exact) mass is 338 g/mol. The van der Waals surface area contributed by atoms with Crippen LogP contribution in [0.25, 0.3) is 0 Å². The van der Waals surface area contributed by atoms with E-state index in [4.69, 9.17) is 4.74 Å². The minimum atomic E-state index is -0.0401. The van der Waals surface area contributed by atoms with Crippen LogP contribution in [0.3, 0.4) is 0 Å². The summed E-state index contributed by atoms with van der Waals surface area (Å²) in [4.78, 5) is 14.9. The molecule has 1 aliphatic rings. The number of methoxy groups -OCH3 is 1. The standard InChI is InChI=1S/C21H26N2O2/c1-16-8-6-9-17(14-16)20-12-4-3-5-13-23(20)21(24)22-18-10-7-11-19(15-18)25-2/h6-11,14-15,20H,3-5,12-13H2,1-2H3,(H,22,24)/t20-/m1/s1. The molecule has 132 valence electrons. The van der Waals surface area contributed by atoms with E-state index in [9.17, 15) is 4.79 Å². The summed E-state index contributed by atoms with van der Waals surface area (Å²) in [6, 6.07) is 16.1. The Labute approximate surface area is 149 Å². The normalized spacial score (nSPS) is 17.7. The molecule has 0 bridgehead atoms. The number of benzene rings is 2. The van der Waals surface area contributed by atoms with Gasteiger partial charge in [-0.3, -0.25) is 0 Å². The number of anilines is 1. The van der Waals surface area contributed by atoms with Crippen molar-refractivity contribution in [2.75, 3.05) is 19.0 Å². The van der Waals surface area contributed by atoms with Crippen LogP contribution in [0.15, 0.2) is 48.5 Å². The number of carbonyl (C=O) groups excluding carboxylic acids is 1. The Balaban J connectivity index is 1.81. The smallest absolute Gasteiger partial charge is 0.322 e. The molecule has 1 saturated heterocycles. The van der Waals surface area contributed by atoms with Crippen molar-refractivity contribution in [1.29, 1.82) is 0 Å². The molecule has 2 aromatic rings. The molecule has 3 rings (SSSR count). The molecular weight excluding hydrogens is 312 g/mol. The van der Waals surface area contributed by atoms with Gasteiger partial charge in [0, 0.05) is 18.3 Å². The predicted molar refractivity (Wildman–Crippen MR) is 101 cm³/mol. The Hall–Kier alpha value is -2.49. The second-order valence-electron chi connectivity index (χ2n) is 6.63. The van der Waals surface area contributed by atoms with E-state index < -0.39 is 0 Å². The summed E-state index contributed by atoms with van der Waals surface area (Å²) in [5.74, 6) is 0.740. The highest BCUT2D eigenvalue weighted by molar-refractivity contribution is 5.89. The van der Waals surface area contributed by atoms with Crippen LogP contribution in [-0.2, 0) is 0 Å². The molecule has 1 heterocycles. The number of amides is 2. The number of hydrogen-bond donors (Lipinski definition) is 1. The van der Waals surface area contributed by atoms with Gasteiger partial charge in [0.1, 0.15) is 5.75 Å². The average molecular weight is 338 g/mol. The lowest BCUT2D eigenvalue weighted by Gasteiger charge is -2.31. The van der Waals surface area contributed by atoms with Gasteiger partial charge in [-0.05, 0) is 37.5 Å². The quantitative estimate of drug-likeness (QED) is 0.840. The van der Waals surface area contributed by atoms with Crippen molar-refractivity contribution in [3.63, 3.8) is 0 Å². The largest absolute Gasteiger partial charge is 0.497 e. The maximum Gasteiger partial charge on any atom is 0.322 e. The molecule has 0 aliphatic carbocycles. The number of likely N-dealkylation sites (tertiary alicyclic amines) is 1. The van der Waals surface area contributed by atoms with Gasteiger partial charge >= 0.3 is 6.03 Å². The van der Waals surface area contributed by atoms with Crippen LogP contribution in [-0.4, -0.2) is 24.6 Å². The van der Waals surface area contributed by atoms with Crippen molar-refractivity contribution in [3.8, 4) is 5.75 Å². The zero-order chi connectivity index (χ0) is 17.6. The summed E-state index contributed by atoms with van der Waals surface area (Å²) in [6.45, 7) is 2.88. The first-order chi connectivity index (χ1) is 12.2. The summed E-state index contributed by atoms with van der Waals surface area (Å²) < 4.78 is 5.24.